The molecule has 0 spiro atoms. The van der Waals surface area contributed by atoms with Crippen molar-refractivity contribution >= 4 is 30.0 Å². The van der Waals surface area contributed by atoms with Crippen LogP contribution in [0.5, 0.6) is 5.75 Å². The predicted molar refractivity (Wildman–Crippen MR) is 206 cm³/mol. The lowest BCUT2D eigenvalue weighted by molar-refractivity contribution is -0.141. The summed E-state index contributed by atoms with van der Waals surface area (Å²) < 4.78 is 87.4. The van der Waals surface area contributed by atoms with Crippen LogP contribution < -0.4 is 26.0 Å². The highest BCUT2D eigenvalue weighted by Crippen LogP contribution is 2.31. The molecule has 0 fully saturated rings. The molecule has 3 aromatic rings. The van der Waals surface area contributed by atoms with Gasteiger partial charge in [-0.05, 0) is 55.6 Å². The fourth-order valence-electron chi connectivity index (χ4n) is 5.65. The van der Waals surface area contributed by atoms with Crippen LogP contribution in [0.2, 0.25) is 0 Å². The van der Waals surface area contributed by atoms with E-state index < -0.39 is 105 Å². The molecule has 0 aliphatic carbocycles. The number of rotatable bonds is 14. The van der Waals surface area contributed by atoms with Gasteiger partial charge in [0.1, 0.15) is 24.3 Å². The van der Waals surface area contributed by atoms with Crippen LogP contribution in [0.4, 0.5) is 31.5 Å². The van der Waals surface area contributed by atoms with E-state index in [0.717, 1.165) is 0 Å². The highest BCUT2D eigenvalue weighted by molar-refractivity contribution is 5.94. The van der Waals surface area contributed by atoms with E-state index in [1.807, 2.05) is 20.8 Å². The third-order valence-electron chi connectivity index (χ3n) is 8.18. The lowest BCUT2D eigenvalue weighted by Crippen LogP contribution is -2.59. The van der Waals surface area contributed by atoms with Crippen LogP contribution >= 0.6 is 0 Å². The van der Waals surface area contributed by atoms with Crippen molar-refractivity contribution in [1.29, 1.82) is 0 Å². The Labute approximate surface area is 339 Å². The number of halogens is 5. The van der Waals surface area contributed by atoms with E-state index in [1.54, 1.807) is 57.2 Å². The molecule has 0 saturated heterocycles. The lowest BCUT2D eigenvalue weighted by Gasteiger charge is -2.33. The molecule has 322 valence electrons. The topological polar surface area (TPSA) is 161 Å². The van der Waals surface area contributed by atoms with Gasteiger partial charge in [-0.3, -0.25) is 9.59 Å². The van der Waals surface area contributed by atoms with Crippen molar-refractivity contribution in [3.63, 3.8) is 0 Å². The summed E-state index contributed by atoms with van der Waals surface area (Å²) in [5, 5.41) is 9.93. The minimum Gasteiger partial charge on any atom is -0.445 e. The maximum Gasteiger partial charge on any atom is 0.408 e. The molecule has 0 heterocycles. The molecule has 4 atom stereocenters. The summed E-state index contributed by atoms with van der Waals surface area (Å²) in [4.78, 5) is 68.4. The van der Waals surface area contributed by atoms with Gasteiger partial charge in [-0.25, -0.2) is 27.6 Å². The summed E-state index contributed by atoms with van der Waals surface area (Å²) in [6, 6.07) is 9.52. The van der Waals surface area contributed by atoms with Crippen LogP contribution in [-0.4, -0.2) is 53.7 Å². The number of amides is 4. The molecule has 3 aromatic carbocycles. The number of carbonyl (C=O) groups excluding carboxylic acids is 5. The standard InChI is InChI=1S/C42H51F5N4O8/c1-40(2,3)20-25(48-35(52)26(21-41(4,5)6)49-38(55)57-22-23-16-12-10-13-17-23)36(53)50-33(37(54)58-34-30(46)28(44)27(43)29(45)31(34)47)32(24-18-14-11-15-19-24)51-39(56)59-42(7,8)9/h10-19,25-26,32-33H,20-22H2,1-9H3,(H,48,52)(H,49,55)(H,50,53)(H,51,56)/t25-,26+,32+,33-/m0/s1. The average Bonchev–Trinajstić information content (AvgIpc) is 3.13. The zero-order valence-corrected chi connectivity index (χ0v) is 34.4. The third kappa shape index (κ3) is 14.9. The minimum absolute atomic E-state index is 0.0654. The van der Waals surface area contributed by atoms with Gasteiger partial charge in [-0.1, -0.05) is 102 Å². The molecular weight excluding hydrogens is 783 g/mol. The lowest BCUT2D eigenvalue weighted by atomic mass is 9.86. The Kier molecular flexibility index (Phi) is 16.0. The molecule has 0 bridgehead atoms. The van der Waals surface area contributed by atoms with Gasteiger partial charge in [-0.15, -0.1) is 0 Å². The van der Waals surface area contributed by atoms with E-state index in [1.165, 1.54) is 45.0 Å². The monoisotopic (exact) mass is 834 g/mol. The molecule has 0 aliphatic rings. The van der Waals surface area contributed by atoms with Crippen molar-refractivity contribution in [3.05, 3.63) is 101 Å². The van der Waals surface area contributed by atoms with E-state index in [0.29, 0.717) is 5.56 Å². The predicted octanol–water partition coefficient (Wildman–Crippen LogP) is 7.69. The molecule has 59 heavy (non-hydrogen) atoms. The quantitative estimate of drug-likeness (QED) is 0.0423. The first kappa shape index (κ1) is 47.6. The molecular formula is C42H51F5N4O8. The Morgan fingerprint density at radius 2 is 1.03 bits per heavy atom. The van der Waals surface area contributed by atoms with Gasteiger partial charge in [0, 0.05) is 0 Å². The van der Waals surface area contributed by atoms with Gasteiger partial charge >= 0.3 is 18.2 Å². The van der Waals surface area contributed by atoms with Crippen molar-refractivity contribution in [2.75, 3.05) is 0 Å². The molecule has 0 radical (unpaired) electrons. The number of ether oxygens (including phenoxy) is 3. The number of hydrogen-bond acceptors (Lipinski definition) is 8. The molecule has 0 aliphatic heterocycles. The number of carbonyl (C=O) groups is 5. The molecule has 12 nitrogen and oxygen atoms in total. The molecule has 4 amide bonds. The summed E-state index contributed by atoms with van der Waals surface area (Å²) in [6.45, 7) is 15.1. The van der Waals surface area contributed by atoms with E-state index in [2.05, 4.69) is 21.3 Å². The summed E-state index contributed by atoms with van der Waals surface area (Å²) in [7, 11) is 0. The summed E-state index contributed by atoms with van der Waals surface area (Å²) in [5.74, 6) is -18.0. The SMILES string of the molecule is CC(C)(C)C[C@H](NC(=O)[C@@H](CC(C)(C)C)NC(=O)OCc1ccccc1)C(=O)N[C@H](C(=O)Oc1c(F)c(F)c(F)c(F)c1F)[C@H](NC(=O)OC(C)(C)C)c1ccccc1. The van der Waals surface area contributed by atoms with Gasteiger partial charge in [0.2, 0.25) is 46.6 Å². The highest BCUT2D eigenvalue weighted by Gasteiger charge is 2.40. The van der Waals surface area contributed by atoms with Crippen LogP contribution in [0.1, 0.15) is 92.3 Å². The Bertz CT molecular complexity index is 1940. The average molecular weight is 835 g/mol. The first-order chi connectivity index (χ1) is 27.3. The second-order valence-electron chi connectivity index (χ2n) is 17.2. The maximum atomic E-state index is 14.8. The van der Waals surface area contributed by atoms with Crippen molar-refractivity contribution < 1.29 is 60.1 Å². The fourth-order valence-corrected chi connectivity index (χ4v) is 5.65. The van der Waals surface area contributed by atoms with Gasteiger partial charge < -0.3 is 35.5 Å². The minimum atomic E-state index is -2.51. The number of alkyl carbamates (subject to hydrolysis) is 2. The number of nitrogens with one attached hydrogen (secondary N) is 4. The third-order valence-corrected chi connectivity index (χ3v) is 8.18. The molecule has 0 saturated carbocycles. The number of hydrogen-bond donors (Lipinski definition) is 4. The molecule has 17 heteroatoms. The van der Waals surface area contributed by atoms with Crippen molar-refractivity contribution in [1.82, 2.24) is 21.3 Å². The summed E-state index contributed by atoms with van der Waals surface area (Å²) in [6.07, 6.45) is -2.11. The van der Waals surface area contributed by atoms with Crippen LogP contribution in [0.15, 0.2) is 60.7 Å². The van der Waals surface area contributed by atoms with Gasteiger partial charge in [0.25, 0.3) is 0 Å². The van der Waals surface area contributed by atoms with E-state index in [-0.39, 0.29) is 25.0 Å². The maximum absolute atomic E-state index is 14.8. The summed E-state index contributed by atoms with van der Waals surface area (Å²) >= 11 is 0. The largest absolute Gasteiger partial charge is 0.445 e. The Morgan fingerprint density at radius 1 is 0.576 bits per heavy atom. The van der Waals surface area contributed by atoms with Crippen LogP contribution in [0.25, 0.3) is 0 Å². The molecule has 0 aromatic heterocycles. The second-order valence-corrected chi connectivity index (χ2v) is 17.2. The number of esters is 1. The summed E-state index contributed by atoms with van der Waals surface area (Å²) in [5.41, 5.74) is -1.57. The zero-order valence-electron chi connectivity index (χ0n) is 34.4. The normalized spacial score (nSPS) is 13.9. The molecule has 0 unspecified atom stereocenters. The highest BCUT2D eigenvalue weighted by atomic mass is 19.2. The van der Waals surface area contributed by atoms with Gasteiger partial charge in [-0.2, -0.15) is 8.78 Å². The molecule has 3 rings (SSSR count). The van der Waals surface area contributed by atoms with Gasteiger partial charge in [0.15, 0.2) is 6.04 Å². The van der Waals surface area contributed by atoms with Crippen LogP contribution in [0, 0.1) is 39.9 Å². The van der Waals surface area contributed by atoms with E-state index in [9.17, 15) is 45.9 Å². The van der Waals surface area contributed by atoms with Crippen molar-refractivity contribution in [2.45, 2.75) is 112 Å². The first-order valence-electron chi connectivity index (χ1n) is 18.6. The van der Waals surface area contributed by atoms with E-state index >= 15 is 0 Å². The smallest absolute Gasteiger partial charge is 0.408 e. The fraction of sp³-hybridized carbons (Fsp3) is 0.452. The van der Waals surface area contributed by atoms with Crippen molar-refractivity contribution in [3.8, 4) is 5.75 Å². The Hall–Kier alpha value is -5.74. The van der Waals surface area contributed by atoms with E-state index in [4.69, 9.17) is 14.2 Å². The molecule has 4 N–H and O–H groups in total. The van der Waals surface area contributed by atoms with Crippen LogP contribution in [-0.2, 0) is 30.5 Å². The second kappa shape index (κ2) is 19.8. The Morgan fingerprint density at radius 3 is 1.53 bits per heavy atom. The van der Waals surface area contributed by atoms with Crippen molar-refractivity contribution in [2.24, 2.45) is 10.8 Å². The van der Waals surface area contributed by atoms with Gasteiger partial charge in [0.05, 0.1) is 6.04 Å². The zero-order chi connectivity index (χ0) is 44.5. The number of benzene rings is 3. The first-order valence-corrected chi connectivity index (χ1v) is 18.6. The Balaban J connectivity index is 2.07. The van der Waals surface area contributed by atoms with Crippen LogP contribution in [0.3, 0.4) is 0 Å².